The molecule has 0 spiro atoms. The van der Waals surface area contributed by atoms with Crippen molar-refractivity contribution >= 4 is 77.3 Å². The molecule has 248 valence electrons. The van der Waals surface area contributed by atoms with Gasteiger partial charge in [0.05, 0.1) is 11.4 Å². The minimum absolute atomic E-state index is 0.143. The van der Waals surface area contributed by atoms with Crippen LogP contribution in [0.2, 0.25) is 0 Å². The van der Waals surface area contributed by atoms with Crippen LogP contribution in [0.15, 0.2) is 161 Å². The SMILES string of the molecule is CC1(C)c2ccccc2-c2ccc(N(c3ccc4c(c3)oc3ccccc34)c3ccc(C4=CC=CCC4)c4c3oc3cc5ccccc5cc34)cc21. The molecule has 3 nitrogen and oxygen atoms in total. The Balaban J connectivity index is 1.21. The molecule has 0 radical (unpaired) electrons. The lowest BCUT2D eigenvalue weighted by molar-refractivity contribution is 0.660. The third-order valence-electron chi connectivity index (χ3n) is 11.5. The molecule has 0 unspecified atom stereocenters. The predicted molar refractivity (Wildman–Crippen MR) is 217 cm³/mol. The van der Waals surface area contributed by atoms with Gasteiger partial charge in [-0.1, -0.05) is 111 Å². The molecule has 0 N–H and O–H groups in total. The second-order valence-corrected chi connectivity index (χ2v) is 14.8. The fourth-order valence-corrected chi connectivity index (χ4v) is 8.93. The van der Waals surface area contributed by atoms with Crippen LogP contribution in [0.5, 0.6) is 0 Å². The zero-order valence-electron chi connectivity index (χ0n) is 29.1. The van der Waals surface area contributed by atoms with Crippen molar-refractivity contribution in [2.75, 3.05) is 4.90 Å². The molecule has 52 heavy (non-hydrogen) atoms. The van der Waals surface area contributed by atoms with Gasteiger partial charge < -0.3 is 13.7 Å². The van der Waals surface area contributed by atoms with E-state index in [-0.39, 0.29) is 5.41 Å². The number of benzene rings is 7. The van der Waals surface area contributed by atoms with Crippen molar-refractivity contribution < 1.29 is 8.83 Å². The summed E-state index contributed by atoms with van der Waals surface area (Å²) in [6.07, 6.45) is 8.74. The molecule has 0 bridgehead atoms. The van der Waals surface area contributed by atoms with E-state index in [2.05, 4.69) is 158 Å². The first-order chi connectivity index (χ1) is 25.5. The van der Waals surface area contributed by atoms with E-state index in [1.54, 1.807) is 0 Å². The maximum Gasteiger partial charge on any atom is 0.160 e. The Morgan fingerprint density at radius 2 is 1.27 bits per heavy atom. The van der Waals surface area contributed by atoms with E-state index < -0.39 is 0 Å². The van der Waals surface area contributed by atoms with Gasteiger partial charge in [0.2, 0.25) is 0 Å². The highest BCUT2D eigenvalue weighted by atomic mass is 16.3. The molecule has 2 aliphatic rings. The van der Waals surface area contributed by atoms with Crippen LogP contribution in [0.4, 0.5) is 17.1 Å². The summed E-state index contributed by atoms with van der Waals surface area (Å²) >= 11 is 0. The highest BCUT2D eigenvalue weighted by Crippen LogP contribution is 2.52. The fraction of sp³-hybridized carbons (Fsp3) is 0.102. The minimum Gasteiger partial charge on any atom is -0.456 e. The quantitative estimate of drug-likeness (QED) is 0.187. The summed E-state index contributed by atoms with van der Waals surface area (Å²) in [4.78, 5) is 2.37. The van der Waals surface area contributed by atoms with Crippen molar-refractivity contribution in [3.05, 3.63) is 168 Å². The largest absolute Gasteiger partial charge is 0.456 e. The molecular weight excluding hydrogens is 635 g/mol. The van der Waals surface area contributed by atoms with Crippen LogP contribution in [0.1, 0.15) is 43.4 Å². The Morgan fingerprint density at radius 1 is 0.558 bits per heavy atom. The number of allylic oxidation sites excluding steroid dienone is 4. The van der Waals surface area contributed by atoms with E-state index in [1.165, 1.54) is 44.2 Å². The lowest BCUT2D eigenvalue weighted by Crippen LogP contribution is -2.16. The smallest absolute Gasteiger partial charge is 0.160 e. The van der Waals surface area contributed by atoms with Crippen LogP contribution in [0, 0.1) is 0 Å². The molecule has 0 saturated carbocycles. The molecular formula is C49H35NO2. The Morgan fingerprint density at radius 3 is 2.15 bits per heavy atom. The van der Waals surface area contributed by atoms with Gasteiger partial charge in [0.1, 0.15) is 16.7 Å². The first kappa shape index (κ1) is 29.4. The van der Waals surface area contributed by atoms with Crippen LogP contribution >= 0.6 is 0 Å². The molecule has 11 rings (SSSR count). The van der Waals surface area contributed by atoms with Crippen molar-refractivity contribution in [2.24, 2.45) is 0 Å². The summed E-state index contributed by atoms with van der Waals surface area (Å²) in [6, 6.07) is 48.3. The van der Waals surface area contributed by atoms with Gasteiger partial charge in [-0.2, -0.15) is 0 Å². The van der Waals surface area contributed by atoms with E-state index in [1.807, 2.05) is 12.1 Å². The van der Waals surface area contributed by atoms with E-state index in [0.29, 0.717) is 0 Å². The molecule has 7 aromatic carbocycles. The fourth-order valence-electron chi connectivity index (χ4n) is 8.93. The van der Waals surface area contributed by atoms with Crippen LogP contribution in [0.25, 0.3) is 71.3 Å². The highest BCUT2D eigenvalue weighted by molar-refractivity contribution is 6.18. The minimum atomic E-state index is -0.143. The molecule has 0 amide bonds. The van der Waals surface area contributed by atoms with Crippen LogP contribution in [-0.2, 0) is 5.41 Å². The lowest BCUT2D eigenvalue weighted by Gasteiger charge is -2.28. The summed E-state index contributed by atoms with van der Waals surface area (Å²) in [5.41, 5.74) is 14.3. The summed E-state index contributed by atoms with van der Waals surface area (Å²) in [7, 11) is 0. The van der Waals surface area contributed by atoms with Crippen LogP contribution < -0.4 is 4.90 Å². The van der Waals surface area contributed by atoms with Crippen LogP contribution in [0.3, 0.4) is 0 Å². The number of para-hydroxylation sites is 1. The van der Waals surface area contributed by atoms with E-state index in [0.717, 1.165) is 73.8 Å². The third-order valence-corrected chi connectivity index (χ3v) is 11.5. The summed E-state index contributed by atoms with van der Waals surface area (Å²) in [5, 5.41) is 6.91. The second-order valence-electron chi connectivity index (χ2n) is 14.8. The third kappa shape index (κ3) is 4.20. The molecule has 2 aromatic heterocycles. The summed E-state index contributed by atoms with van der Waals surface area (Å²) in [6.45, 7) is 4.69. The van der Waals surface area contributed by atoms with Crippen molar-refractivity contribution in [3.63, 3.8) is 0 Å². The lowest BCUT2D eigenvalue weighted by atomic mass is 9.82. The molecule has 0 aliphatic heterocycles. The first-order valence-electron chi connectivity index (χ1n) is 18.2. The number of hydrogen-bond acceptors (Lipinski definition) is 3. The topological polar surface area (TPSA) is 29.5 Å². The number of rotatable bonds is 4. The van der Waals surface area contributed by atoms with Crippen molar-refractivity contribution in [1.29, 1.82) is 0 Å². The molecule has 3 heteroatoms. The van der Waals surface area contributed by atoms with Crippen molar-refractivity contribution in [3.8, 4) is 11.1 Å². The Hall–Kier alpha value is -6.32. The van der Waals surface area contributed by atoms with Gasteiger partial charge in [0, 0.05) is 38.7 Å². The summed E-state index contributed by atoms with van der Waals surface area (Å²) in [5.74, 6) is 0. The normalized spacial score (nSPS) is 14.8. The average Bonchev–Trinajstić information content (AvgIpc) is 3.82. The number of furan rings is 2. The average molecular weight is 670 g/mol. The monoisotopic (exact) mass is 669 g/mol. The van der Waals surface area contributed by atoms with Crippen LogP contribution in [-0.4, -0.2) is 0 Å². The Labute approximate surface area is 301 Å². The number of hydrogen-bond donors (Lipinski definition) is 0. The van der Waals surface area contributed by atoms with Gasteiger partial charge in [0.25, 0.3) is 0 Å². The maximum absolute atomic E-state index is 7.06. The predicted octanol–water partition coefficient (Wildman–Crippen LogP) is 14.1. The highest BCUT2D eigenvalue weighted by Gasteiger charge is 2.36. The number of fused-ring (bicyclic) bond motifs is 10. The van der Waals surface area contributed by atoms with Crippen molar-refractivity contribution in [1.82, 2.24) is 0 Å². The Bertz CT molecular complexity index is 3000. The number of nitrogens with zero attached hydrogens (tertiary/aromatic N) is 1. The van der Waals surface area contributed by atoms with Gasteiger partial charge in [-0.15, -0.1) is 0 Å². The molecule has 0 fully saturated rings. The first-order valence-corrected chi connectivity index (χ1v) is 18.2. The Kier molecular flexibility index (Phi) is 6.13. The number of anilines is 3. The van der Waals surface area contributed by atoms with E-state index in [4.69, 9.17) is 8.83 Å². The van der Waals surface area contributed by atoms with Gasteiger partial charge in [-0.05, 0) is 106 Å². The standard InChI is InChI=1S/C49H35NO2/c1-49(2)41-18-10-8-16-36(41)37-22-20-33(28-42(37)49)50(34-21-23-39-38-17-9-11-19-44(38)51-46(39)29-34)43-25-24-35(30-12-4-3-5-13-30)47-40-26-31-14-6-7-15-32(31)27-45(40)52-48(43)47/h3-4,6-12,14-29H,5,13H2,1-2H3. The molecule has 2 heterocycles. The zero-order chi connectivity index (χ0) is 34.6. The van der Waals surface area contributed by atoms with Gasteiger partial charge >= 0.3 is 0 Å². The molecule has 0 saturated heterocycles. The van der Waals surface area contributed by atoms with Gasteiger partial charge in [-0.25, -0.2) is 0 Å². The zero-order valence-corrected chi connectivity index (χ0v) is 29.1. The van der Waals surface area contributed by atoms with Gasteiger partial charge in [-0.3, -0.25) is 0 Å². The molecule has 9 aromatic rings. The summed E-state index contributed by atoms with van der Waals surface area (Å²) < 4.78 is 13.5. The van der Waals surface area contributed by atoms with Gasteiger partial charge in [0.15, 0.2) is 5.58 Å². The van der Waals surface area contributed by atoms with E-state index in [9.17, 15) is 0 Å². The molecule has 2 aliphatic carbocycles. The molecule has 0 atom stereocenters. The second kappa shape index (κ2) is 10.8. The van der Waals surface area contributed by atoms with E-state index >= 15 is 0 Å². The van der Waals surface area contributed by atoms with Crippen molar-refractivity contribution in [2.45, 2.75) is 32.1 Å². The maximum atomic E-state index is 7.06.